The number of aryl methyl sites for hydroxylation is 1. The Morgan fingerprint density at radius 3 is 2.68 bits per heavy atom. The second-order valence-electron chi connectivity index (χ2n) is 6.45. The summed E-state index contributed by atoms with van der Waals surface area (Å²) in [6.45, 7) is 4.16. The SMILES string of the molecule is CCc1cc(C(=O)Nc2nn(CC(F)(F)F)c3cc(OC(C)C)ccc23)no1. The number of halogens is 3. The van der Waals surface area contributed by atoms with Gasteiger partial charge in [-0.05, 0) is 26.0 Å². The summed E-state index contributed by atoms with van der Waals surface area (Å²) in [4.78, 5) is 12.4. The Morgan fingerprint density at radius 2 is 2.07 bits per heavy atom. The first-order chi connectivity index (χ1) is 13.2. The van der Waals surface area contributed by atoms with Crippen LogP contribution in [0.5, 0.6) is 5.75 Å². The van der Waals surface area contributed by atoms with E-state index >= 15 is 0 Å². The normalized spacial score (nSPS) is 12.0. The van der Waals surface area contributed by atoms with Crippen LogP contribution < -0.4 is 10.1 Å². The number of nitrogens with zero attached hydrogens (tertiary/aromatic N) is 3. The fraction of sp³-hybridized carbons (Fsp3) is 0.389. The van der Waals surface area contributed by atoms with Gasteiger partial charge in [0.25, 0.3) is 5.91 Å². The Hall–Kier alpha value is -3.04. The van der Waals surface area contributed by atoms with E-state index in [1.54, 1.807) is 12.1 Å². The third kappa shape index (κ3) is 4.44. The van der Waals surface area contributed by atoms with Gasteiger partial charge in [-0.1, -0.05) is 12.1 Å². The van der Waals surface area contributed by atoms with Crippen molar-refractivity contribution in [2.24, 2.45) is 0 Å². The molecule has 2 aromatic heterocycles. The van der Waals surface area contributed by atoms with Crippen molar-refractivity contribution in [2.45, 2.75) is 46.0 Å². The minimum Gasteiger partial charge on any atom is -0.491 e. The van der Waals surface area contributed by atoms with Crippen molar-refractivity contribution in [3.63, 3.8) is 0 Å². The predicted octanol–water partition coefficient (Wildman–Crippen LogP) is 4.19. The molecule has 7 nitrogen and oxygen atoms in total. The number of aromatic nitrogens is 3. The van der Waals surface area contributed by atoms with Gasteiger partial charge in [-0.25, -0.2) is 0 Å². The number of anilines is 1. The third-order valence-corrected chi connectivity index (χ3v) is 3.80. The maximum absolute atomic E-state index is 13.0. The van der Waals surface area contributed by atoms with Gasteiger partial charge in [-0.3, -0.25) is 9.48 Å². The molecule has 3 rings (SSSR count). The summed E-state index contributed by atoms with van der Waals surface area (Å²) in [5.41, 5.74) is 0.218. The molecule has 1 amide bonds. The lowest BCUT2D eigenvalue weighted by molar-refractivity contribution is -0.141. The molecule has 0 aliphatic rings. The zero-order valence-electron chi connectivity index (χ0n) is 15.5. The molecule has 0 saturated carbocycles. The highest BCUT2D eigenvalue weighted by Crippen LogP contribution is 2.30. The summed E-state index contributed by atoms with van der Waals surface area (Å²) >= 11 is 0. The number of fused-ring (bicyclic) bond motifs is 1. The summed E-state index contributed by atoms with van der Waals surface area (Å²) < 4.78 is 50.2. The van der Waals surface area contributed by atoms with Crippen molar-refractivity contribution in [1.29, 1.82) is 0 Å². The van der Waals surface area contributed by atoms with E-state index in [-0.39, 0.29) is 23.1 Å². The zero-order chi connectivity index (χ0) is 20.5. The molecule has 10 heteroatoms. The fourth-order valence-electron chi connectivity index (χ4n) is 2.64. The molecule has 1 aromatic carbocycles. The molecule has 0 unspecified atom stereocenters. The van der Waals surface area contributed by atoms with Crippen molar-refractivity contribution in [3.05, 3.63) is 35.7 Å². The summed E-state index contributed by atoms with van der Waals surface area (Å²) in [5.74, 6) is 0.312. The van der Waals surface area contributed by atoms with Crippen molar-refractivity contribution >= 4 is 22.6 Å². The van der Waals surface area contributed by atoms with E-state index < -0.39 is 18.6 Å². The van der Waals surface area contributed by atoms with Gasteiger partial charge in [0.2, 0.25) is 0 Å². The number of hydrogen-bond acceptors (Lipinski definition) is 5. The van der Waals surface area contributed by atoms with E-state index in [0.29, 0.717) is 23.3 Å². The van der Waals surface area contributed by atoms with Crippen LogP contribution >= 0.6 is 0 Å². The van der Waals surface area contributed by atoms with Crippen molar-refractivity contribution < 1.29 is 27.2 Å². The predicted molar refractivity (Wildman–Crippen MR) is 95.4 cm³/mol. The van der Waals surface area contributed by atoms with Crippen LogP contribution in [0.2, 0.25) is 0 Å². The van der Waals surface area contributed by atoms with Gasteiger partial charge in [0.1, 0.15) is 18.1 Å². The van der Waals surface area contributed by atoms with Crippen LogP contribution in [-0.2, 0) is 13.0 Å². The van der Waals surface area contributed by atoms with E-state index in [1.807, 2.05) is 20.8 Å². The molecule has 0 bridgehead atoms. The average molecular weight is 396 g/mol. The smallest absolute Gasteiger partial charge is 0.408 e. The van der Waals surface area contributed by atoms with Crippen LogP contribution in [0.4, 0.5) is 19.0 Å². The number of benzene rings is 1. The summed E-state index contributed by atoms with van der Waals surface area (Å²) in [5, 5.41) is 10.5. The van der Waals surface area contributed by atoms with Gasteiger partial charge in [-0.15, -0.1) is 0 Å². The summed E-state index contributed by atoms with van der Waals surface area (Å²) in [7, 11) is 0. The minimum atomic E-state index is -4.47. The Bertz CT molecular complexity index is 992. The molecule has 0 aliphatic heterocycles. The maximum Gasteiger partial charge on any atom is 0.408 e. The van der Waals surface area contributed by atoms with E-state index in [4.69, 9.17) is 9.26 Å². The van der Waals surface area contributed by atoms with Gasteiger partial charge in [0.05, 0.1) is 11.6 Å². The number of alkyl halides is 3. The van der Waals surface area contributed by atoms with Crippen molar-refractivity contribution in [2.75, 3.05) is 5.32 Å². The molecule has 2 heterocycles. The Balaban J connectivity index is 1.98. The van der Waals surface area contributed by atoms with Gasteiger partial charge in [0.15, 0.2) is 11.5 Å². The molecule has 0 radical (unpaired) electrons. The number of rotatable bonds is 6. The average Bonchev–Trinajstić information content (AvgIpc) is 3.19. The van der Waals surface area contributed by atoms with Crippen LogP contribution in [0.15, 0.2) is 28.8 Å². The Kier molecular flexibility index (Phi) is 5.30. The van der Waals surface area contributed by atoms with Gasteiger partial charge in [0, 0.05) is 23.9 Å². The Labute approximate surface area is 158 Å². The number of nitrogens with one attached hydrogen (secondary N) is 1. The van der Waals surface area contributed by atoms with E-state index in [2.05, 4.69) is 15.6 Å². The molecular weight excluding hydrogens is 377 g/mol. The topological polar surface area (TPSA) is 82.2 Å². The van der Waals surface area contributed by atoms with Gasteiger partial charge in [-0.2, -0.15) is 18.3 Å². The molecule has 0 fully saturated rings. The molecule has 0 spiro atoms. The second-order valence-corrected chi connectivity index (χ2v) is 6.45. The van der Waals surface area contributed by atoms with Gasteiger partial charge < -0.3 is 14.6 Å². The monoisotopic (exact) mass is 396 g/mol. The van der Waals surface area contributed by atoms with Crippen LogP contribution in [0.1, 0.15) is 37.0 Å². The number of ether oxygens (including phenoxy) is 1. The maximum atomic E-state index is 13.0. The highest BCUT2D eigenvalue weighted by atomic mass is 19.4. The van der Waals surface area contributed by atoms with Crippen LogP contribution in [0, 0.1) is 0 Å². The molecular formula is C18H19F3N4O3. The second kappa shape index (κ2) is 7.53. The van der Waals surface area contributed by atoms with Crippen LogP contribution in [0.3, 0.4) is 0 Å². The van der Waals surface area contributed by atoms with Crippen molar-refractivity contribution in [3.8, 4) is 5.75 Å². The number of carbonyl (C=O) groups excluding carboxylic acids is 1. The first-order valence-electron chi connectivity index (χ1n) is 8.67. The quantitative estimate of drug-likeness (QED) is 0.676. The molecule has 150 valence electrons. The van der Waals surface area contributed by atoms with Crippen LogP contribution in [0.25, 0.3) is 10.9 Å². The minimum absolute atomic E-state index is 0.00129. The summed E-state index contributed by atoms with van der Waals surface area (Å²) in [6.07, 6.45) is -4.06. The lowest BCUT2D eigenvalue weighted by Gasteiger charge is -2.11. The van der Waals surface area contributed by atoms with E-state index in [9.17, 15) is 18.0 Å². The molecule has 28 heavy (non-hydrogen) atoms. The highest BCUT2D eigenvalue weighted by molar-refractivity contribution is 6.07. The number of carbonyl (C=O) groups is 1. The van der Waals surface area contributed by atoms with Crippen molar-refractivity contribution in [1.82, 2.24) is 14.9 Å². The lowest BCUT2D eigenvalue weighted by atomic mass is 10.2. The Morgan fingerprint density at radius 1 is 1.32 bits per heavy atom. The largest absolute Gasteiger partial charge is 0.491 e. The molecule has 0 saturated heterocycles. The van der Waals surface area contributed by atoms with Gasteiger partial charge >= 0.3 is 6.18 Å². The first kappa shape index (κ1) is 19.7. The highest BCUT2D eigenvalue weighted by Gasteiger charge is 2.30. The third-order valence-electron chi connectivity index (χ3n) is 3.80. The van der Waals surface area contributed by atoms with E-state index in [1.165, 1.54) is 12.1 Å². The molecule has 0 aliphatic carbocycles. The molecule has 1 N–H and O–H groups in total. The molecule has 0 atom stereocenters. The standard InChI is InChI=1S/C18H19F3N4O3/c1-4-11-7-14(24-28-11)17(26)22-16-13-6-5-12(27-10(2)3)8-15(13)25(23-16)9-18(19,20)21/h5-8,10H,4,9H2,1-3H3,(H,22,23,26). The number of hydrogen-bond donors (Lipinski definition) is 1. The fourth-order valence-corrected chi connectivity index (χ4v) is 2.64. The number of amides is 1. The molecule has 3 aromatic rings. The lowest BCUT2D eigenvalue weighted by Crippen LogP contribution is -2.19. The zero-order valence-corrected chi connectivity index (χ0v) is 15.5. The first-order valence-corrected chi connectivity index (χ1v) is 8.67. The summed E-state index contributed by atoms with van der Waals surface area (Å²) in [6, 6.07) is 6.11. The van der Waals surface area contributed by atoms with E-state index in [0.717, 1.165) is 4.68 Å². The van der Waals surface area contributed by atoms with Crippen LogP contribution in [-0.4, -0.2) is 33.1 Å².